The van der Waals surface area contributed by atoms with E-state index in [0.717, 1.165) is 33.6 Å². The van der Waals surface area contributed by atoms with Gasteiger partial charge in [-0.05, 0) is 70.1 Å². The Balaban J connectivity index is 1.59. The summed E-state index contributed by atoms with van der Waals surface area (Å²) in [6.07, 6.45) is 0. The summed E-state index contributed by atoms with van der Waals surface area (Å²) in [6.45, 7) is 16.5. The molecule has 0 N–H and O–H groups in total. The molecule has 0 atom stereocenters. The van der Waals surface area contributed by atoms with Gasteiger partial charge in [0.1, 0.15) is 5.58 Å². The third kappa shape index (κ3) is 3.50. The van der Waals surface area contributed by atoms with E-state index in [4.69, 9.17) is 11.0 Å². The van der Waals surface area contributed by atoms with E-state index >= 15 is 0 Å². The van der Waals surface area contributed by atoms with Crippen LogP contribution in [-0.4, -0.2) is 0 Å². The number of fused-ring (bicyclic) bond motifs is 7. The molecule has 0 spiro atoms. The summed E-state index contributed by atoms with van der Waals surface area (Å²) >= 11 is 0. The quantitative estimate of drug-likeness (QED) is 0.216. The Labute approximate surface area is 235 Å². The molecule has 40 heavy (non-hydrogen) atoms. The van der Waals surface area contributed by atoms with Crippen LogP contribution in [0.25, 0.3) is 37.9 Å². The number of rotatable bonds is 4. The summed E-state index contributed by atoms with van der Waals surface area (Å²) in [4.78, 5) is 5.90. The Morgan fingerprint density at radius 1 is 0.775 bits per heavy atom. The highest BCUT2D eigenvalue weighted by Crippen LogP contribution is 2.56. The predicted molar refractivity (Wildman–Crippen MR) is 166 cm³/mol. The van der Waals surface area contributed by atoms with Gasteiger partial charge in [-0.2, -0.15) is 0 Å². The lowest BCUT2D eigenvalue weighted by Crippen LogP contribution is -2.16. The molecule has 1 aromatic heterocycles. The number of hydrogen-bond acceptors (Lipinski definition) is 2. The molecule has 0 amide bonds. The molecular weight excluding hydrogens is 488 g/mol. The SMILES string of the molecule is [C-]#[N+]c1ccc(N(c2ccc(C(C)C)cc2)c2cc3c(c4c2oc2ccccc24)C(C)(C)c2ccccc2-3)cc1. The summed E-state index contributed by atoms with van der Waals surface area (Å²) in [7, 11) is 0. The molecule has 0 unspecified atom stereocenters. The number of anilines is 3. The predicted octanol–water partition coefficient (Wildman–Crippen LogP) is 11.0. The van der Waals surface area contributed by atoms with Gasteiger partial charge in [-0.15, -0.1) is 0 Å². The second-order valence-electron chi connectivity index (χ2n) is 11.5. The van der Waals surface area contributed by atoms with Crippen molar-refractivity contribution in [2.24, 2.45) is 0 Å². The Morgan fingerprint density at radius 2 is 1.43 bits per heavy atom. The monoisotopic (exact) mass is 518 g/mol. The van der Waals surface area contributed by atoms with Crippen LogP contribution in [0.5, 0.6) is 0 Å². The first kappa shape index (κ1) is 24.2. The van der Waals surface area contributed by atoms with E-state index in [1.165, 1.54) is 33.2 Å². The van der Waals surface area contributed by atoms with E-state index in [1.807, 2.05) is 30.3 Å². The van der Waals surface area contributed by atoms with Gasteiger partial charge in [0.25, 0.3) is 0 Å². The molecule has 1 aliphatic carbocycles. The van der Waals surface area contributed by atoms with Gasteiger partial charge >= 0.3 is 0 Å². The van der Waals surface area contributed by atoms with E-state index in [0.29, 0.717) is 11.6 Å². The van der Waals surface area contributed by atoms with Crippen molar-refractivity contribution < 1.29 is 4.42 Å². The lowest BCUT2D eigenvalue weighted by Gasteiger charge is -2.28. The van der Waals surface area contributed by atoms with Crippen molar-refractivity contribution in [2.45, 2.75) is 39.0 Å². The van der Waals surface area contributed by atoms with Crippen LogP contribution in [0.4, 0.5) is 22.7 Å². The van der Waals surface area contributed by atoms with Crippen LogP contribution < -0.4 is 4.90 Å². The lowest BCUT2D eigenvalue weighted by atomic mass is 9.80. The first-order valence-corrected chi connectivity index (χ1v) is 13.8. The molecule has 3 heteroatoms. The van der Waals surface area contributed by atoms with Crippen molar-refractivity contribution in [1.29, 1.82) is 0 Å². The molecule has 1 heterocycles. The molecular formula is C37H30N2O. The zero-order valence-corrected chi connectivity index (χ0v) is 23.2. The van der Waals surface area contributed by atoms with E-state index in [2.05, 4.69) is 110 Å². The van der Waals surface area contributed by atoms with Gasteiger partial charge in [-0.1, -0.05) is 94.4 Å². The molecule has 1 aliphatic rings. The first-order chi connectivity index (χ1) is 19.4. The molecule has 0 radical (unpaired) electrons. The fourth-order valence-electron chi connectivity index (χ4n) is 6.42. The van der Waals surface area contributed by atoms with Crippen molar-refractivity contribution in [3.05, 3.63) is 131 Å². The molecule has 3 nitrogen and oxygen atoms in total. The number of furan rings is 1. The van der Waals surface area contributed by atoms with Gasteiger partial charge in [0.2, 0.25) is 0 Å². The van der Waals surface area contributed by atoms with Gasteiger partial charge in [0.05, 0.1) is 12.3 Å². The standard InChI is InChI=1S/C37H30N2O/c1-23(2)24-14-18-26(19-15-24)39(27-20-16-25(38-5)17-21-27)32-22-30-28-10-6-8-12-31(28)37(3,4)35(30)34-29-11-7-9-13-33(29)40-36(32)34/h6-23H,1-4H3. The topological polar surface area (TPSA) is 20.7 Å². The first-order valence-electron chi connectivity index (χ1n) is 13.8. The van der Waals surface area contributed by atoms with Gasteiger partial charge in [-0.3, -0.25) is 0 Å². The highest BCUT2D eigenvalue weighted by Gasteiger charge is 2.39. The van der Waals surface area contributed by atoms with Crippen LogP contribution in [0.15, 0.2) is 108 Å². The molecule has 0 saturated carbocycles. The van der Waals surface area contributed by atoms with Crippen molar-refractivity contribution >= 4 is 44.7 Å². The van der Waals surface area contributed by atoms with Gasteiger partial charge in [-0.25, -0.2) is 4.85 Å². The number of benzene rings is 5. The number of nitrogens with zero attached hydrogens (tertiary/aromatic N) is 2. The van der Waals surface area contributed by atoms with E-state index in [1.54, 1.807) is 0 Å². The van der Waals surface area contributed by atoms with Crippen LogP contribution in [0, 0.1) is 6.57 Å². The molecule has 6 aromatic rings. The minimum atomic E-state index is -0.170. The summed E-state index contributed by atoms with van der Waals surface area (Å²) < 4.78 is 6.74. The Bertz CT molecular complexity index is 1950. The Kier molecular flexibility index (Phi) is 5.37. The highest BCUT2D eigenvalue weighted by atomic mass is 16.3. The minimum absolute atomic E-state index is 0.170. The van der Waals surface area contributed by atoms with Crippen molar-refractivity contribution in [2.75, 3.05) is 4.90 Å². The summed E-state index contributed by atoms with van der Waals surface area (Å²) in [5, 5.41) is 2.31. The van der Waals surface area contributed by atoms with E-state index in [9.17, 15) is 0 Å². The molecule has 7 rings (SSSR count). The minimum Gasteiger partial charge on any atom is -0.454 e. The molecule has 5 aromatic carbocycles. The average Bonchev–Trinajstić information content (AvgIpc) is 3.47. The maximum absolute atomic E-state index is 7.47. The maximum atomic E-state index is 7.47. The number of hydrogen-bond donors (Lipinski definition) is 0. The van der Waals surface area contributed by atoms with Crippen LogP contribution in [-0.2, 0) is 5.41 Å². The zero-order valence-electron chi connectivity index (χ0n) is 23.2. The highest BCUT2D eigenvalue weighted by molar-refractivity contribution is 6.16. The van der Waals surface area contributed by atoms with Crippen molar-refractivity contribution in [3.63, 3.8) is 0 Å². The molecule has 194 valence electrons. The van der Waals surface area contributed by atoms with E-state index in [-0.39, 0.29) is 5.41 Å². The molecule has 0 fully saturated rings. The summed E-state index contributed by atoms with van der Waals surface area (Å²) in [5.41, 5.74) is 11.7. The Morgan fingerprint density at radius 3 is 2.12 bits per heavy atom. The third-order valence-electron chi connectivity index (χ3n) is 8.44. The molecule has 0 bridgehead atoms. The number of para-hydroxylation sites is 1. The Hall–Kier alpha value is -4.81. The van der Waals surface area contributed by atoms with Crippen LogP contribution in [0.3, 0.4) is 0 Å². The second-order valence-corrected chi connectivity index (χ2v) is 11.5. The average molecular weight is 519 g/mol. The molecule has 0 aliphatic heterocycles. The fourth-order valence-corrected chi connectivity index (χ4v) is 6.42. The largest absolute Gasteiger partial charge is 0.454 e. The second kappa shape index (κ2) is 8.86. The zero-order chi connectivity index (χ0) is 27.6. The smallest absolute Gasteiger partial charge is 0.187 e. The van der Waals surface area contributed by atoms with Crippen molar-refractivity contribution in [1.82, 2.24) is 0 Å². The fraction of sp³-hybridized carbons (Fsp3) is 0.162. The molecule has 0 saturated heterocycles. The maximum Gasteiger partial charge on any atom is 0.187 e. The van der Waals surface area contributed by atoms with Gasteiger partial charge in [0.15, 0.2) is 11.3 Å². The third-order valence-corrected chi connectivity index (χ3v) is 8.44. The van der Waals surface area contributed by atoms with Crippen LogP contribution in [0.1, 0.15) is 50.3 Å². The summed E-state index contributed by atoms with van der Waals surface area (Å²) in [5.74, 6) is 0.446. The van der Waals surface area contributed by atoms with E-state index < -0.39 is 0 Å². The van der Waals surface area contributed by atoms with Crippen LogP contribution >= 0.6 is 0 Å². The normalized spacial score (nSPS) is 13.4. The van der Waals surface area contributed by atoms with Gasteiger partial charge < -0.3 is 9.32 Å². The van der Waals surface area contributed by atoms with Crippen molar-refractivity contribution in [3.8, 4) is 11.1 Å². The van der Waals surface area contributed by atoms with Crippen LogP contribution in [0.2, 0.25) is 0 Å². The lowest BCUT2D eigenvalue weighted by molar-refractivity contribution is 0.657. The summed E-state index contributed by atoms with van der Waals surface area (Å²) in [6, 6.07) is 36.1. The van der Waals surface area contributed by atoms with Gasteiger partial charge in [0, 0.05) is 27.6 Å².